The first-order chi connectivity index (χ1) is 15.3. The zero-order chi connectivity index (χ0) is 22.9. The van der Waals surface area contributed by atoms with Gasteiger partial charge in [-0.15, -0.1) is 0 Å². The molecule has 0 radical (unpaired) electrons. The molecule has 168 valence electrons. The van der Waals surface area contributed by atoms with Crippen molar-refractivity contribution in [2.75, 3.05) is 24.5 Å². The Morgan fingerprint density at radius 1 is 1.19 bits per heavy atom. The minimum Gasteiger partial charge on any atom is -0.362 e. The van der Waals surface area contributed by atoms with E-state index in [2.05, 4.69) is 10.1 Å². The average molecular weight is 458 g/mol. The number of nitro groups is 1. The zero-order valence-corrected chi connectivity index (χ0v) is 18.6. The number of sulfonamides is 1. The molecule has 10 nitrogen and oxygen atoms in total. The minimum absolute atomic E-state index is 0.0437. The maximum atomic E-state index is 12.8. The first-order valence-corrected chi connectivity index (χ1v) is 11.7. The highest BCUT2D eigenvalue weighted by Crippen LogP contribution is 2.32. The topological polar surface area (TPSA) is 123 Å². The number of non-ortho nitro benzene ring substituents is 1. The summed E-state index contributed by atoms with van der Waals surface area (Å²) in [5.74, 6) is 0.656. The van der Waals surface area contributed by atoms with Gasteiger partial charge < -0.3 is 9.42 Å². The minimum atomic E-state index is -3.51. The van der Waals surface area contributed by atoms with Gasteiger partial charge in [0.15, 0.2) is 0 Å². The Labute approximate surface area is 185 Å². The summed E-state index contributed by atoms with van der Waals surface area (Å²) in [6.07, 6.45) is 0.711. The van der Waals surface area contributed by atoms with Gasteiger partial charge in [0.1, 0.15) is 0 Å². The lowest BCUT2D eigenvalue weighted by atomic mass is 10.2. The van der Waals surface area contributed by atoms with Crippen molar-refractivity contribution in [3.05, 3.63) is 64.0 Å². The molecule has 0 atom stereocenters. The summed E-state index contributed by atoms with van der Waals surface area (Å²) in [7, 11) is -3.51. The summed E-state index contributed by atoms with van der Waals surface area (Å²) in [6, 6.07) is 11.3. The Kier molecular flexibility index (Phi) is 5.94. The van der Waals surface area contributed by atoms with E-state index < -0.39 is 14.9 Å². The van der Waals surface area contributed by atoms with Crippen LogP contribution in [0.25, 0.3) is 11.4 Å². The number of aromatic nitrogens is 2. The molecule has 0 unspecified atom stereocenters. The number of hydrogen-bond acceptors (Lipinski definition) is 8. The predicted molar refractivity (Wildman–Crippen MR) is 118 cm³/mol. The SMILES string of the molecule is CCN(CC)S(=O)(=O)c1ccc2c(c1)CCN2Cc1nc(-c2cccc([N+](=O)[O-])c2)no1. The fraction of sp³-hybridized carbons (Fsp3) is 0.333. The molecular formula is C21H23N5O5S. The van der Waals surface area contributed by atoms with Gasteiger partial charge in [0, 0.05) is 43.0 Å². The van der Waals surface area contributed by atoms with E-state index in [1.54, 1.807) is 24.3 Å². The third-order valence-corrected chi connectivity index (χ3v) is 7.54. The molecule has 0 N–H and O–H groups in total. The van der Waals surface area contributed by atoms with Crippen molar-refractivity contribution in [1.82, 2.24) is 14.4 Å². The molecule has 11 heteroatoms. The molecule has 4 rings (SSSR count). The van der Waals surface area contributed by atoms with Crippen LogP contribution in [0.2, 0.25) is 0 Å². The number of nitro benzene ring substituents is 1. The molecule has 0 amide bonds. The van der Waals surface area contributed by atoms with E-state index >= 15 is 0 Å². The van der Waals surface area contributed by atoms with Crippen molar-refractivity contribution in [1.29, 1.82) is 0 Å². The van der Waals surface area contributed by atoms with Gasteiger partial charge in [0.05, 0.1) is 16.4 Å². The third-order valence-electron chi connectivity index (χ3n) is 5.50. The van der Waals surface area contributed by atoms with Gasteiger partial charge in [-0.2, -0.15) is 9.29 Å². The number of benzene rings is 2. The van der Waals surface area contributed by atoms with E-state index in [-0.39, 0.29) is 11.5 Å². The van der Waals surface area contributed by atoms with Crippen LogP contribution in [0.1, 0.15) is 25.3 Å². The maximum absolute atomic E-state index is 12.8. The van der Waals surface area contributed by atoms with E-state index in [0.29, 0.717) is 48.9 Å². The summed E-state index contributed by atoms with van der Waals surface area (Å²) in [4.78, 5) is 17.2. The largest absolute Gasteiger partial charge is 0.362 e. The number of fused-ring (bicyclic) bond motifs is 1. The number of rotatable bonds is 8. The summed E-state index contributed by atoms with van der Waals surface area (Å²) in [5.41, 5.74) is 2.34. The fourth-order valence-electron chi connectivity index (χ4n) is 3.84. The van der Waals surface area contributed by atoms with Gasteiger partial charge in [-0.05, 0) is 30.2 Å². The van der Waals surface area contributed by atoms with Crippen LogP contribution in [0, 0.1) is 10.1 Å². The van der Waals surface area contributed by atoms with Crippen molar-refractivity contribution in [2.24, 2.45) is 0 Å². The van der Waals surface area contributed by atoms with Crippen LogP contribution < -0.4 is 4.90 Å². The van der Waals surface area contributed by atoms with Crippen LogP contribution in [-0.2, 0) is 23.0 Å². The lowest BCUT2D eigenvalue weighted by Crippen LogP contribution is -2.30. The van der Waals surface area contributed by atoms with Gasteiger partial charge in [0.2, 0.25) is 21.7 Å². The smallest absolute Gasteiger partial charge is 0.270 e. The lowest BCUT2D eigenvalue weighted by molar-refractivity contribution is -0.384. The van der Waals surface area contributed by atoms with Crippen molar-refractivity contribution in [3.63, 3.8) is 0 Å². The Bertz CT molecular complexity index is 1250. The second-order valence-electron chi connectivity index (χ2n) is 7.37. The van der Waals surface area contributed by atoms with E-state index in [0.717, 1.165) is 11.3 Å². The summed E-state index contributed by atoms with van der Waals surface area (Å²) >= 11 is 0. The van der Waals surface area contributed by atoms with Gasteiger partial charge >= 0.3 is 0 Å². The molecule has 2 aromatic carbocycles. The summed E-state index contributed by atoms with van der Waals surface area (Å²) < 4.78 is 32.4. The first-order valence-electron chi connectivity index (χ1n) is 10.3. The molecule has 3 aromatic rings. The molecule has 32 heavy (non-hydrogen) atoms. The molecule has 0 bridgehead atoms. The van der Waals surface area contributed by atoms with E-state index in [4.69, 9.17) is 4.52 Å². The van der Waals surface area contributed by atoms with Crippen LogP contribution in [0.15, 0.2) is 51.9 Å². The summed E-state index contributed by atoms with van der Waals surface area (Å²) in [6.45, 7) is 5.54. The molecule has 1 aromatic heterocycles. The van der Waals surface area contributed by atoms with Gasteiger partial charge in [-0.3, -0.25) is 10.1 Å². The van der Waals surface area contributed by atoms with Crippen LogP contribution in [0.5, 0.6) is 0 Å². The van der Waals surface area contributed by atoms with E-state index in [1.807, 2.05) is 24.8 Å². The first kappa shape index (κ1) is 21.9. The molecule has 0 saturated carbocycles. The molecule has 0 spiro atoms. The molecule has 1 aliphatic rings. The van der Waals surface area contributed by atoms with Crippen LogP contribution >= 0.6 is 0 Å². The monoisotopic (exact) mass is 457 g/mol. The van der Waals surface area contributed by atoms with E-state index in [1.165, 1.54) is 16.4 Å². The highest BCUT2D eigenvalue weighted by Gasteiger charge is 2.27. The second kappa shape index (κ2) is 8.67. The second-order valence-corrected chi connectivity index (χ2v) is 9.31. The highest BCUT2D eigenvalue weighted by molar-refractivity contribution is 7.89. The molecule has 2 heterocycles. The van der Waals surface area contributed by atoms with Crippen molar-refractivity contribution in [2.45, 2.75) is 31.7 Å². The number of nitrogens with zero attached hydrogens (tertiary/aromatic N) is 5. The predicted octanol–water partition coefficient (Wildman–Crippen LogP) is 3.24. The maximum Gasteiger partial charge on any atom is 0.270 e. The fourth-order valence-corrected chi connectivity index (χ4v) is 5.35. The number of hydrogen-bond donors (Lipinski definition) is 0. The highest BCUT2D eigenvalue weighted by atomic mass is 32.2. The summed E-state index contributed by atoms with van der Waals surface area (Å²) in [5, 5.41) is 14.9. The Morgan fingerprint density at radius 2 is 1.97 bits per heavy atom. The van der Waals surface area contributed by atoms with Crippen LogP contribution in [0.4, 0.5) is 11.4 Å². The van der Waals surface area contributed by atoms with Crippen molar-refractivity contribution >= 4 is 21.4 Å². The van der Waals surface area contributed by atoms with Gasteiger partial charge in [0.25, 0.3) is 5.69 Å². The Morgan fingerprint density at radius 3 is 2.69 bits per heavy atom. The normalized spacial score (nSPS) is 13.5. The third kappa shape index (κ3) is 4.08. The van der Waals surface area contributed by atoms with Gasteiger partial charge in [-0.1, -0.05) is 31.1 Å². The Hall–Kier alpha value is -3.31. The molecule has 1 aliphatic heterocycles. The van der Waals surface area contributed by atoms with Crippen molar-refractivity contribution in [3.8, 4) is 11.4 Å². The standard InChI is InChI=1S/C21H23N5O5S/c1-3-25(4-2)32(29,30)18-8-9-19-15(13-18)10-11-24(19)14-20-22-21(23-31-20)16-6-5-7-17(12-16)26(27)28/h5-9,12-13H,3-4,10-11,14H2,1-2H3. The van der Waals surface area contributed by atoms with Gasteiger partial charge in [-0.25, -0.2) is 8.42 Å². The molecule has 0 saturated heterocycles. The quantitative estimate of drug-likeness (QED) is 0.373. The zero-order valence-electron chi connectivity index (χ0n) is 17.8. The molecular weight excluding hydrogens is 434 g/mol. The number of anilines is 1. The van der Waals surface area contributed by atoms with Crippen molar-refractivity contribution < 1.29 is 17.9 Å². The Balaban J connectivity index is 1.53. The van der Waals surface area contributed by atoms with Crippen LogP contribution in [0.3, 0.4) is 0 Å². The molecule has 0 aliphatic carbocycles. The molecule has 0 fully saturated rings. The average Bonchev–Trinajstić information content (AvgIpc) is 3.42. The van der Waals surface area contributed by atoms with Crippen LogP contribution in [-0.4, -0.2) is 47.4 Å². The van der Waals surface area contributed by atoms with E-state index in [9.17, 15) is 18.5 Å². The lowest BCUT2D eigenvalue weighted by Gasteiger charge is -2.20.